The number of nitrogens with one attached hydrogen (secondary N) is 2. The molecule has 0 saturated heterocycles. The Morgan fingerprint density at radius 2 is 1.94 bits per heavy atom. The van der Waals surface area contributed by atoms with E-state index < -0.39 is 18.0 Å². The quantitative estimate of drug-likeness (QED) is 0.622. The maximum Gasteiger partial charge on any atom is 0.326 e. The molecule has 2 atom stereocenters. The van der Waals surface area contributed by atoms with Gasteiger partial charge in [-0.15, -0.1) is 0 Å². The Kier molecular flexibility index (Phi) is 8.66. The van der Waals surface area contributed by atoms with Crippen LogP contribution in [0, 0.1) is 0 Å². The monoisotopic (exact) mass is 262 g/mol. The van der Waals surface area contributed by atoms with E-state index in [-0.39, 0.29) is 6.04 Å². The highest BCUT2D eigenvalue weighted by Crippen LogP contribution is 2.01. The van der Waals surface area contributed by atoms with Crippen molar-refractivity contribution in [3.05, 3.63) is 0 Å². The smallest absolute Gasteiger partial charge is 0.326 e. The third-order valence-corrected chi connectivity index (χ3v) is 2.96. The molecule has 0 bridgehead atoms. The van der Waals surface area contributed by atoms with Gasteiger partial charge in [0.25, 0.3) is 0 Å². The summed E-state index contributed by atoms with van der Waals surface area (Å²) in [6, 6.07) is -1.15. The zero-order valence-electron chi connectivity index (χ0n) is 10.7. The van der Waals surface area contributed by atoms with Crippen LogP contribution in [0.5, 0.6) is 0 Å². The molecule has 17 heavy (non-hydrogen) atoms. The Morgan fingerprint density at radius 3 is 2.41 bits per heavy atom. The number of carboxylic acids is 1. The average Bonchev–Trinajstić information content (AvgIpc) is 2.23. The summed E-state index contributed by atoms with van der Waals surface area (Å²) >= 11 is 1.56. The molecule has 0 aliphatic rings. The van der Waals surface area contributed by atoms with Crippen LogP contribution >= 0.6 is 11.8 Å². The number of carbonyl (C=O) groups is 2. The Balaban J connectivity index is 4.07. The molecule has 0 aromatic carbocycles. The molecule has 0 aliphatic heterocycles. The van der Waals surface area contributed by atoms with E-state index >= 15 is 0 Å². The summed E-state index contributed by atoms with van der Waals surface area (Å²) in [6.45, 7) is 3.94. The van der Waals surface area contributed by atoms with E-state index in [0.717, 1.165) is 12.8 Å². The van der Waals surface area contributed by atoms with Crippen LogP contribution in [0.3, 0.4) is 0 Å². The number of amides is 2. The van der Waals surface area contributed by atoms with Crippen molar-refractivity contribution in [2.45, 2.75) is 45.2 Å². The van der Waals surface area contributed by atoms with Gasteiger partial charge in [-0.25, -0.2) is 9.59 Å². The van der Waals surface area contributed by atoms with Crippen LogP contribution in [0.25, 0.3) is 0 Å². The average molecular weight is 262 g/mol. The minimum atomic E-state index is -0.989. The highest BCUT2D eigenvalue weighted by molar-refractivity contribution is 7.98. The number of urea groups is 1. The summed E-state index contributed by atoms with van der Waals surface area (Å²) < 4.78 is 0. The number of carbonyl (C=O) groups excluding carboxylic acids is 1. The number of thioether (sulfide) groups is 1. The van der Waals surface area contributed by atoms with Gasteiger partial charge in [-0.3, -0.25) is 0 Å². The predicted molar refractivity (Wildman–Crippen MR) is 70.5 cm³/mol. The summed E-state index contributed by atoms with van der Waals surface area (Å²) in [5, 5.41) is 14.1. The number of aliphatic carboxylic acids is 1. The van der Waals surface area contributed by atoms with E-state index in [2.05, 4.69) is 10.6 Å². The molecular weight excluding hydrogens is 240 g/mol. The third-order valence-electron chi connectivity index (χ3n) is 2.31. The van der Waals surface area contributed by atoms with Gasteiger partial charge in [0.05, 0.1) is 0 Å². The topological polar surface area (TPSA) is 78.4 Å². The van der Waals surface area contributed by atoms with E-state index in [1.54, 1.807) is 11.8 Å². The molecule has 6 heteroatoms. The van der Waals surface area contributed by atoms with Gasteiger partial charge in [-0.05, 0) is 31.8 Å². The van der Waals surface area contributed by atoms with Gasteiger partial charge in [0.2, 0.25) is 0 Å². The zero-order valence-corrected chi connectivity index (χ0v) is 11.5. The summed E-state index contributed by atoms with van der Waals surface area (Å²) in [6.07, 6.45) is 4.21. The van der Waals surface area contributed by atoms with Gasteiger partial charge in [-0.2, -0.15) is 11.8 Å². The molecule has 100 valence electrons. The van der Waals surface area contributed by atoms with Crippen molar-refractivity contribution in [3.63, 3.8) is 0 Å². The molecule has 2 amide bonds. The van der Waals surface area contributed by atoms with E-state index in [1.165, 1.54) is 0 Å². The highest BCUT2D eigenvalue weighted by Gasteiger charge is 2.19. The number of hydrogen-bond acceptors (Lipinski definition) is 3. The van der Waals surface area contributed by atoms with Crippen LogP contribution in [0.15, 0.2) is 0 Å². The lowest BCUT2D eigenvalue weighted by molar-refractivity contribution is -0.139. The van der Waals surface area contributed by atoms with Crippen LogP contribution in [0.4, 0.5) is 4.79 Å². The lowest BCUT2D eigenvalue weighted by Crippen LogP contribution is -2.48. The van der Waals surface area contributed by atoms with Crippen molar-refractivity contribution in [1.82, 2.24) is 10.6 Å². The Labute approximate surface area is 107 Å². The SMILES string of the molecule is CCCC(C)NC(=O)N[C@H](CCSC)C(=O)O. The van der Waals surface area contributed by atoms with Crippen LogP contribution in [-0.2, 0) is 4.79 Å². The summed E-state index contributed by atoms with van der Waals surface area (Å²) in [5.41, 5.74) is 0. The van der Waals surface area contributed by atoms with Crippen molar-refractivity contribution in [3.8, 4) is 0 Å². The molecule has 0 rings (SSSR count). The second-order valence-corrected chi connectivity index (χ2v) is 4.97. The van der Waals surface area contributed by atoms with E-state index in [1.807, 2.05) is 20.1 Å². The van der Waals surface area contributed by atoms with Gasteiger partial charge >= 0.3 is 12.0 Å². The van der Waals surface area contributed by atoms with Crippen molar-refractivity contribution in [1.29, 1.82) is 0 Å². The van der Waals surface area contributed by atoms with Crippen LogP contribution in [0.2, 0.25) is 0 Å². The van der Waals surface area contributed by atoms with Gasteiger partial charge < -0.3 is 15.7 Å². The molecule has 0 radical (unpaired) electrons. The highest BCUT2D eigenvalue weighted by atomic mass is 32.2. The molecule has 0 saturated carbocycles. The van der Waals surface area contributed by atoms with Gasteiger partial charge in [0, 0.05) is 6.04 Å². The summed E-state index contributed by atoms with van der Waals surface area (Å²) in [5.74, 6) is -0.278. The summed E-state index contributed by atoms with van der Waals surface area (Å²) in [4.78, 5) is 22.4. The number of carboxylic acid groups (broad SMARTS) is 1. The van der Waals surface area contributed by atoms with Crippen LogP contribution < -0.4 is 10.6 Å². The Hall–Kier alpha value is -0.910. The Bertz CT molecular complexity index is 249. The van der Waals surface area contributed by atoms with E-state index in [0.29, 0.717) is 12.2 Å². The van der Waals surface area contributed by atoms with Crippen molar-refractivity contribution < 1.29 is 14.7 Å². The molecule has 5 nitrogen and oxygen atoms in total. The predicted octanol–water partition coefficient (Wildman–Crippen LogP) is 1.68. The summed E-state index contributed by atoms with van der Waals surface area (Å²) in [7, 11) is 0. The van der Waals surface area contributed by atoms with Crippen LogP contribution in [0.1, 0.15) is 33.1 Å². The molecule has 0 fully saturated rings. The standard InChI is InChI=1S/C11H22N2O3S/c1-4-5-8(2)12-11(16)13-9(10(14)15)6-7-17-3/h8-9H,4-7H2,1-3H3,(H,14,15)(H2,12,13,16)/t8?,9-/m1/s1. The molecule has 3 N–H and O–H groups in total. The zero-order chi connectivity index (χ0) is 13.3. The normalized spacial score (nSPS) is 13.8. The molecule has 0 heterocycles. The number of rotatable bonds is 8. The first-order valence-electron chi connectivity index (χ1n) is 5.80. The van der Waals surface area contributed by atoms with Crippen molar-refractivity contribution in [2.75, 3.05) is 12.0 Å². The lowest BCUT2D eigenvalue weighted by Gasteiger charge is -2.17. The molecular formula is C11H22N2O3S. The van der Waals surface area contributed by atoms with Crippen molar-refractivity contribution >= 4 is 23.8 Å². The Morgan fingerprint density at radius 1 is 1.29 bits per heavy atom. The largest absolute Gasteiger partial charge is 0.480 e. The van der Waals surface area contributed by atoms with E-state index in [4.69, 9.17) is 5.11 Å². The minimum Gasteiger partial charge on any atom is -0.480 e. The maximum absolute atomic E-state index is 11.5. The van der Waals surface area contributed by atoms with Gasteiger partial charge in [-0.1, -0.05) is 13.3 Å². The lowest BCUT2D eigenvalue weighted by atomic mass is 10.2. The van der Waals surface area contributed by atoms with E-state index in [9.17, 15) is 9.59 Å². The fourth-order valence-electron chi connectivity index (χ4n) is 1.42. The first-order valence-corrected chi connectivity index (χ1v) is 7.19. The number of hydrogen-bond donors (Lipinski definition) is 3. The first kappa shape index (κ1) is 16.1. The second kappa shape index (κ2) is 9.15. The third kappa shape index (κ3) is 7.90. The molecule has 0 aliphatic carbocycles. The minimum absolute atomic E-state index is 0.0648. The van der Waals surface area contributed by atoms with Gasteiger partial charge in [0.1, 0.15) is 6.04 Å². The molecule has 0 aromatic heterocycles. The van der Waals surface area contributed by atoms with Crippen molar-refractivity contribution in [2.24, 2.45) is 0 Å². The molecule has 0 spiro atoms. The fourth-order valence-corrected chi connectivity index (χ4v) is 1.89. The molecule has 0 aromatic rings. The first-order chi connectivity index (χ1) is 8.01. The molecule has 1 unspecified atom stereocenters. The van der Waals surface area contributed by atoms with Crippen LogP contribution in [-0.4, -0.2) is 41.2 Å². The maximum atomic E-state index is 11.5. The second-order valence-electron chi connectivity index (χ2n) is 3.98. The van der Waals surface area contributed by atoms with Gasteiger partial charge in [0.15, 0.2) is 0 Å². The fraction of sp³-hybridized carbons (Fsp3) is 0.818.